The van der Waals surface area contributed by atoms with Gasteiger partial charge < -0.3 is 15.3 Å². The predicted molar refractivity (Wildman–Crippen MR) is 63.1 cm³/mol. The highest BCUT2D eigenvalue weighted by Crippen LogP contribution is 2.15. The molecule has 1 atom stereocenters. The van der Waals surface area contributed by atoms with Gasteiger partial charge in [0, 0.05) is 19.5 Å². The van der Waals surface area contributed by atoms with Gasteiger partial charge in [0.1, 0.15) is 0 Å². The smallest absolute Gasteiger partial charge is 0.317 e. The SMILES string of the molecule is C#CCCN1CCCC(CNCC(=O)O)C1. The number of terminal acetylenes is 1. The number of piperidine rings is 1. The van der Waals surface area contributed by atoms with E-state index in [9.17, 15) is 4.79 Å². The maximum Gasteiger partial charge on any atom is 0.317 e. The van der Waals surface area contributed by atoms with Crippen molar-refractivity contribution >= 4 is 5.97 Å². The summed E-state index contributed by atoms with van der Waals surface area (Å²) in [5.74, 6) is 2.42. The first kappa shape index (κ1) is 13.0. The molecule has 0 spiro atoms. The third kappa shape index (κ3) is 5.15. The molecule has 1 unspecified atom stereocenters. The molecule has 1 rings (SSSR count). The summed E-state index contributed by atoms with van der Waals surface area (Å²) in [6, 6.07) is 0. The molecule has 0 saturated carbocycles. The van der Waals surface area contributed by atoms with E-state index in [0.29, 0.717) is 5.92 Å². The van der Waals surface area contributed by atoms with Gasteiger partial charge in [0.05, 0.1) is 6.54 Å². The zero-order valence-corrected chi connectivity index (χ0v) is 9.61. The molecule has 0 amide bonds. The van der Waals surface area contributed by atoms with Crippen molar-refractivity contribution in [2.45, 2.75) is 19.3 Å². The van der Waals surface area contributed by atoms with E-state index in [1.54, 1.807) is 0 Å². The van der Waals surface area contributed by atoms with Crippen LogP contribution in [0, 0.1) is 18.3 Å². The molecule has 2 N–H and O–H groups in total. The van der Waals surface area contributed by atoms with Gasteiger partial charge in [-0.1, -0.05) is 0 Å². The second-order valence-electron chi connectivity index (χ2n) is 4.29. The molecule has 0 radical (unpaired) electrons. The average Bonchev–Trinajstić information content (AvgIpc) is 2.26. The zero-order chi connectivity index (χ0) is 11.8. The highest BCUT2D eigenvalue weighted by atomic mass is 16.4. The monoisotopic (exact) mass is 224 g/mol. The molecule has 0 aromatic carbocycles. The van der Waals surface area contributed by atoms with Crippen molar-refractivity contribution in [1.82, 2.24) is 10.2 Å². The fourth-order valence-electron chi connectivity index (χ4n) is 2.13. The van der Waals surface area contributed by atoms with E-state index in [1.165, 1.54) is 12.8 Å². The van der Waals surface area contributed by atoms with Gasteiger partial charge in [-0.3, -0.25) is 4.79 Å². The largest absolute Gasteiger partial charge is 0.480 e. The van der Waals surface area contributed by atoms with Crippen LogP contribution in [0.4, 0.5) is 0 Å². The predicted octanol–water partition coefficient (Wildman–Crippen LogP) is 0.396. The van der Waals surface area contributed by atoms with Crippen LogP contribution in [-0.4, -0.2) is 48.7 Å². The molecule has 0 aromatic heterocycles. The Balaban J connectivity index is 2.17. The van der Waals surface area contributed by atoms with Crippen LogP contribution in [-0.2, 0) is 4.79 Å². The van der Waals surface area contributed by atoms with Crippen LogP contribution in [0.1, 0.15) is 19.3 Å². The molecule has 16 heavy (non-hydrogen) atoms. The third-order valence-electron chi connectivity index (χ3n) is 2.88. The summed E-state index contributed by atoms with van der Waals surface area (Å²) in [6.45, 7) is 3.97. The summed E-state index contributed by atoms with van der Waals surface area (Å²) in [6.07, 6.45) is 8.40. The van der Waals surface area contributed by atoms with Crippen LogP contribution in [0.3, 0.4) is 0 Å². The molecule has 1 saturated heterocycles. The van der Waals surface area contributed by atoms with Crippen LogP contribution >= 0.6 is 0 Å². The molecular weight excluding hydrogens is 204 g/mol. The summed E-state index contributed by atoms with van der Waals surface area (Å²) in [5, 5.41) is 11.5. The van der Waals surface area contributed by atoms with Crippen LogP contribution in [0.2, 0.25) is 0 Å². The second kappa shape index (κ2) is 7.26. The number of carboxylic acids is 1. The molecule has 0 bridgehead atoms. The summed E-state index contributed by atoms with van der Waals surface area (Å²) in [4.78, 5) is 12.7. The lowest BCUT2D eigenvalue weighted by molar-refractivity contribution is -0.136. The van der Waals surface area contributed by atoms with E-state index in [1.807, 2.05) is 0 Å². The molecule has 0 aliphatic carbocycles. The minimum atomic E-state index is -0.792. The Morgan fingerprint density at radius 3 is 3.12 bits per heavy atom. The van der Waals surface area contributed by atoms with Crippen molar-refractivity contribution in [3.05, 3.63) is 0 Å². The Labute approximate surface area is 97.0 Å². The van der Waals surface area contributed by atoms with E-state index in [2.05, 4.69) is 16.1 Å². The lowest BCUT2D eigenvalue weighted by Gasteiger charge is -2.32. The lowest BCUT2D eigenvalue weighted by atomic mass is 9.98. The third-order valence-corrected chi connectivity index (χ3v) is 2.88. The van der Waals surface area contributed by atoms with Gasteiger partial charge in [-0.15, -0.1) is 12.3 Å². The van der Waals surface area contributed by atoms with Crippen molar-refractivity contribution in [3.63, 3.8) is 0 Å². The Hall–Kier alpha value is -1.05. The number of aliphatic carboxylic acids is 1. The fourth-order valence-corrected chi connectivity index (χ4v) is 2.13. The second-order valence-corrected chi connectivity index (χ2v) is 4.29. The average molecular weight is 224 g/mol. The van der Waals surface area contributed by atoms with Gasteiger partial charge in [-0.25, -0.2) is 0 Å². The number of carbonyl (C=O) groups is 1. The maximum atomic E-state index is 10.4. The number of carboxylic acid groups (broad SMARTS) is 1. The molecule has 4 heteroatoms. The first-order valence-electron chi connectivity index (χ1n) is 5.80. The number of rotatable bonds is 6. The Morgan fingerprint density at radius 2 is 2.44 bits per heavy atom. The first-order valence-corrected chi connectivity index (χ1v) is 5.80. The summed E-state index contributed by atoms with van der Waals surface area (Å²) < 4.78 is 0. The quantitative estimate of drug-likeness (QED) is 0.641. The molecule has 1 aliphatic rings. The Kier molecular flexibility index (Phi) is 5.91. The van der Waals surface area contributed by atoms with Crippen LogP contribution < -0.4 is 5.32 Å². The van der Waals surface area contributed by atoms with Crippen LogP contribution in [0.25, 0.3) is 0 Å². The summed E-state index contributed by atoms with van der Waals surface area (Å²) >= 11 is 0. The number of nitrogens with one attached hydrogen (secondary N) is 1. The highest BCUT2D eigenvalue weighted by molar-refractivity contribution is 5.68. The van der Waals surface area contributed by atoms with Crippen molar-refractivity contribution in [2.24, 2.45) is 5.92 Å². The lowest BCUT2D eigenvalue weighted by Crippen LogP contribution is -2.40. The molecule has 1 aliphatic heterocycles. The minimum absolute atomic E-state index is 0.0564. The molecule has 1 heterocycles. The van der Waals surface area contributed by atoms with Crippen molar-refractivity contribution in [3.8, 4) is 12.3 Å². The van der Waals surface area contributed by atoms with Crippen LogP contribution in [0.15, 0.2) is 0 Å². The van der Waals surface area contributed by atoms with Crippen LogP contribution in [0.5, 0.6) is 0 Å². The van der Waals surface area contributed by atoms with E-state index >= 15 is 0 Å². The standard InChI is InChI=1S/C12H20N2O2/c1-2-3-6-14-7-4-5-11(10-14)8-13-9-12(15)16/h1,11,13H,3-10H2,(H,15,16). The molecule has 4 nitrogen and oxygen atoms in total. The molecule has 90 valence electrons. The van der Waals surface area contributed by atoms with Crippen molar-refractivity contribution < 1.29 is 9.90 Å². The topological polar surface area (TPSA) is 52.6 Å². The summed E-state index contributed by atoms with van der Waals surface area (Å²) in [5.41, 5.74) is 0. The number of hydrogen-bond acceptors (Lipinski definition) is 3. The summed E-state index contributed by atoms with van der Waals surface area (Å²) in [7, 11) is 0. The van der Waals surface area contributed by atoms with E-state index < -0.39 is 5.97 Å². The van der Waals surface area contributed by atoms with Crippen molar-refractivity contribution in [1.29, 1.82) is 0 Å². The molecule has 0 aromatic rings. The maximum absolute atomic E-state index is 10.4. The fraction of sp³-hybridized carbons (Fsp3) is 0.750. The Morgan fingerprint density at radius 1 is 1.62 bits per heavy atom. The van der Waals surface area contributed by atoms with Gasteiger partial charge >= 0.3 is 5.97 Å². The van der Waals surface area contributed by atoms with Gasteiger partial charge in [-0.05, 0) is 31.8 Å². The van der Waals surface area contributed by atoms with Crippen molar-refractivity contribution in [2.75, 3.05) is 32.7 Å². The minimum Gasteiger partial charge on any atom is -0.480 e. The number of likely N-dealkylation sites (tertiary alicyclic amines) is 1. The van der Waals surface area contributed by atoms with E-state index in [0.717, 1.165) is 32.6 Å². The normalized spacial score (nSPS) is 21.6. The van der Waals surface area contributed by atoms with E-state index in [-0.39, 0.29) is 6.54 Å². The number of hydrogen-bond donors (Lipinski definition) is 2. The Bertz CT molecular complexity index is 260. The first-order chi connectivity index (χ1) is 7.72. The highest BCUT2D eigenvalue weighted by Gasteiger charge is 2.18. The van der Waals surface area contributed by atoms with Gasteiger partial charge in [-0.2, -0.15) is 0 Å². The molecular formula is C12H20N2O2. The number of nitrogens with zero attached hydrogens (tertiary/aromatic N) is 1. The molecule has 1 fully saturated rings. The van der Waals surface area contributed by atoms with Gasteiger partial charge in [0.25, 0.3) is 0 Å². The zero-order valence-electron chi connectivity index (χ0n) is 9.61. The van der Waals surface area contributed by atoms with Gasteiger partial charge in [0.15, 0.2) is 0 Å². The van der Waals surface area contributed by atoms with E-state index in [4.69, 9.17) is 11.5 Å². The van der Waals surface area contributed by atoms with Gasteiger partial charge in [0.2, 0.25) is 0 Å².